The van der Waals surface area contributed by atoms with Crippen molar-refractivity contribution in [2.45, 2.75) is 51.4 Å². The Bertz CT molecular complexity index is 641. The van der Waals surface area contributed by atoms with E-state index in [0.29, 0.717) is 12.0 Å². The van der Waals surface area contributed by atoms with Gasteiger partial charge in [0.25, 0.3) is 0 Å². The number of benzene rings is 1. The number of anilines is 2. The van der Waals surface area contributed by atoms with Crippen LogP contribution < -0.4 is 16.4 Å². The van der Waals surface area contributed by atoms with Gasteiger partial charge in [0.2, 0.25) is 0 Å². The van der Waals surface area contributed by atoms with Gasteiger partial charge in [-0.1, -0.05) is 0 Å². The van der Waals surface area contributed by atoms with E-state index in [1.807, 2.05) is 4.90 Å². The van der Waals surface area contributed by atoms with Crippen molar-refractivity contribution in [2.24, 2.45) is 11.7 Å². The minimum Gasteiger partial charge on any atom is -0.444 e. The van der Waals surface area contributed by atoms with E-state index < -0.39 is 23.4 Å². The third-order valence-electron chi connectivity index (χ3n) is 4.07. The number of alkyl halides is 3. The van der Waals surface area contributed by atoms with Gasteiger partial charge in [0, 0.05) is 24.0 Å². The van der Waals surface area contributed by atoms with Crippen LogP contribution in [0.15, 0.2) is 18.2 Å². The number of nitrogen functional groups attached to an aromatic ring is 1. The number of hydrogen-bond donors (Lipinski definition) is 2. The maximum atomic E-state index is 12.9. The summed E-state index contributed by atoms with van der Waals surface area (Å²) >= 11 is 0. The number of carbonyl (C=O) groups excluding carboxylic acids is 1. The first kappa shape index (κ1) is 19.2. The van der Waals surface area contributed by atoms with Gasteiger partial charge >= 0.3 is 12.3 Å². The van der Waals surface area contributed by atoms with Gasteiger partial charge in [0.1, 0.15) is 5.60 Å². The lowest BCUT2D eigenvalue weighted by Gasteiger charge is -2.24. The third-order valence-corrected chi connectivity index (χ3v) is 4.07. The maximum absolute atomic E-state index is 12.9. The molecule has 5 nitrogen and oxygen atoms in total. The number of nitrogens with zero attached hydrogens (tertiary/aromatic N) is 1. The summed E-state index contributed by atoms with van der Waals surface area (Å²) in [5.74, 6) is 0.605. The maximum Gasteiger partial charge on any atom is 0.418 e. The van der Waals surface area contributed by atoms with Crippen molar-refractivity contribution in [1.29, 1.82) is 0 Å². The number of ether oxygens (including phenoxy) is 1. The number of primary amides is 1. The predicted octanol–water partition coefficient (Wildman–Crippen LogP) is 3.77. The van der Waals surface area contributed by atoms with E-state index in [9.17, 15) is 18.0 Å². The number of piperidine rings is 1. The molecule has 4 N–H and O–H groups in total. The van der Waals surface area contributed by atoms with Gasteiger partial charge in [0.05, 0.1) is 5.56 Å². The van der Waals surface area contributed by atoms with Crippen molar-refractivity contribution >= 4 is 17.5 Å². The summed E-state index contributed by atoms with van der Waals surface area (Å²) in [6, 6.07) is 4.39. The highest BCUT2D eigenvalue weighted by Gasteiger charge is 2.48. The molecule has 0 bridgehead atoms. The van der Waals surface area contributed by atoms with Gasteiger partial charge in [-0.3, -0.25) is 0 Å². The molecule has 3 rings (SSSR count). The second kappa shape index (κ2) is 6.65. The lowest BCUT2D eigenvalue weighted by molar-refractivity contribution is -0.137. The summed E-state index contributed by atoms with van der Waals surface area (Å²) < 4.78 is 43.4. The van der Waals surface area contributed by atoms with Crippen LogP contribution >= 0.6 is 0 Å². The van der Waals surface area contributed by atoms with Crippen molar-refractivity contribution in [3.05, 3.63) is 23.8 Å². The van der Waals surface area contributed by atoms with Gasteiger partial charge in [-0.2, -0.15) is 13.2 Å². The number of hydrogen-bond acceptors (Lipinski definition) is 4. The zero-order valence-electron chi connectivity index (χ0n) is 14.6. The molecule has 0 aromatic heterocycles. The minimum absolute atomic E-state index is 0.160. The van der Waals surface area contributed by atoms with E-state index in [4.69, 9.17) is 11.5 Å². The molecule has 1 saturated carbocycles. The quantitative estimate of drug-likeness (QED) is 0.748. The minimum atomic E-state index is -4.34. The van der Waals surface area contributed by atoms with Gasteiger partial charge in [-0.15, -0.1) is 0 Å². The second-order valence-corrected chi connectivity index (χ2v) is 7.35. The zero-order valence-corrected chi connectivity index (χ0v) is 14.6. The van der Waals surface area contributed by atoms with E-state index in [-0.39, 0.29) is 11.4 Å². The van der Waals surface area contributed by atoms with Crippen LogP contribution in [0.2, 0.25) is 0 Å². The van der Waals surface area contributed by atoms with Crippen LogP contribution in [0.5, 0.6) is 0 Å². The van der Waals surface area contributed by atoms with Crippen LogP contribution in [0, 0.1) is 5.92 Å². The topological polar surface area (TPSA) is 81.6 Å². The average Bonchev–Trinajstić information content (AvgIpc) is 3.07. The summed E-state index contributed by atoms with van der Waals surface area (Å²) in [5.41, 5.74) is 9.56. The van der Waals surface area contributed by atoms with Crippen molar-refractivity contribution in [3.8, 4) is 0 Å². The van der Waals surface area contributed by atoms with Crippen molar-refractivity contribution in [3.63, 3.8) is 0 Å². The molecule has 2 fully saturated rings. The number of nitrogens with two attached hydrogens (primary N) is 2. The number of fused-ring (bicyclic) bond motifs is 1. The number of rotatable bonds is 1. The van der Waals surface area contributed by atoms with Gasteiger partial charge < -0.3 is 21.1 Å². The van der Waals surface area contributed by atoms with Gasteiger partial charge in [-0.25, -0.2) is 4.79 Å². The summed E-state index contributed by atoms with van der Waals surface area (Å²) in [5, 5.41) is 0. The van der Waals surface area contributed by atoms with Crippen molar-refractivity contribution in [1.82, 2.24) is 0 Å². The first-order valence-corrected chi connectivity index (χ1v) is 8.10. The van der Waals surface area contributed by atoms with Gasteiger partial charge in [-0.05, 0) is 57.7 Å². The first-order valence-electron chi connectivity index (χ1n) is 8.10. The Hall–Kier alpha value is -2.12. The molecular weight excluding hydrogens is 335 g/mol. The Morgan fingerprint density at radius 1 is 1.28 bits per heavy atom. The van der Waals surface area contributed by atoms with E-state index in [0.717, 1.165) is 25.5 Å². The van der Waals surface area contributed by atoms with Crippen LogP contribution in [0.3, 0.4) is 0 Å². The molecule has 2 aliphatic rings. The van der Waals surface area contributed by atoms with E-state index in [1.165, 1.54) is 6.07 Å². The number of carbonyl (C=O) groups is 1. The summed E-state index contributed by atoms with van der Waals surface area (Å²) in [7, 11) is 0. The molecule has 2 atom stereocenters. The van der Waals surface area contributed by atoms with Crippen LogP contribution in [0.4, 0.5) is 29.3 Å². The fourth-order valence-corrected chi connectivity index (χ4v) is 3.03. The monoisotopic (exact) mass is 359 g/mol. The van der Waals surface area contributed by atoms with Crippen LogP contribution in [0.25, 0.3) is 0 Å². The van der Waals surface area contributed by atoms with Crippen LogP contribution in [-0.4, -0.2) is 24.3 Å². The smallest absolute Gasteiger partial charge is 0.418 e. The van der Waals surface area contributed by atoms with E-state index >= 15 is 0 Å². The molecule has 8 heteroatoms. The Balaban J connectivity index is 0.000000242. The highest BCUT2D eigenvalue weighted by Crippen LogP contribution is 2.49. The van der Waals surface area contributed by atoms with Crippen LogP contribution in [-0.2, 0) is 10.9 Å². The zero-order chi connectivity index (χ0) is 19.0. The largest absolute Gasteiger partial charge is 0.444 e. The SMILES string of the molecule is CC(C)(C)OC(N)=O.Nc1ccc(N2CCC3CC32)c(C(F)(F)F)c1. The standard InChI is InChI=1S/C12H13F3N2.C5H11NO2/c13-12(14,15)9-6-8(16)1-2-10(9)17-4-3-7-5-11(7)17;1-5(2,3)8-4(6)7/h1-2,6-7,11H,3-5,16H2;1-3H3,(H2,6,7). The molecular formula is C17H24F3N3O2. The Morgan fingerprint density at radius 2 is 1.92 bits per heavy atom. The Morgan fingerprint density at radius 3 is 2.28 bits per heavy atom. The normalized spacial score (nSPS) is 21.9. The molecule has 1 aliphatic heterocycles. The van der Waals surface area contributed by atoms with Crippen LogP contribution in [0.1, 0.15) is 39.2 Å². The molecule has 1 aliphatic carbocycles. The summed E-state index contributed by atoms with van der Waals surface area (Å²) in [6.45, 7) is 6.01. The van der Waals surface area contributed by atoms with Gasteiger partial charge in [0.15, 0.2) is 0 Å². The molecule has 0 radical (unpaired) electrons. The Kier molecular flexibility index (Phi) is 5.11. The van der Waals surface area contributed by atoms with E-state index in [2.05, 4.69) is 4.74 Å². The molecule has 0 spiro atoms. The highest BCUT2D eigenvalue weighted by molar-refractivity contribution is 5.65. The third kappa shape index (κ3) is 5.17. The molecule has 1 aromatic rings. The molecule has 1 aromatic carbocycles. The van der Waals surface area contributed by atoms with Crippen molar-refractivity contribution < 1.29 is 22.7 Å². The average molecular weight is 359 g/mol. The van der Waals surface area contributed by atoms with E-state index in [1.54, 1.807) is 26.8 Å². The summed E-state index contributed by atoms with van der Waals surface area (Å²) in [6.07, 6.45) is -3.02. The second-order valence-electron chi connectivity index (χ2n) is 7.35. The molecule has 1 amide bonds. The molecule has 140 valence electrons. The summed E-state index contributed by atoms with van der Waals surface area (Å²) in [4.78, 5) is 11.9. The molecule has 1 heterocycles. The number of halogens is 3. The fourth-order valence-electron chi connectivity index (χ4n) is 3.03. The van der Waals surface area contributed by atoms with Crippen molar-refractivity contribution in [2.75, 3.05) is 17.2 Å². The lowest BCUT2D eigenvalue weighted by atomic mass is 10.1. The first-order chi connectivity index (χ1) is 11.4. The Labute approximate surface area is 145 Å². The highest BCUT2D eigenvalue weighted by atomic mass is 19.4. The lowest BCUT2D eigenvalue weighted by Crippen LogP contribution is -2.27. The molecule has 2 unspecified atom stereocenters. The molecule has 1 saturated heterocycles. The fraction of sp³-hybridized carbons (Fsp3) is 0.588. The number of amides is 1. The predicted molar refractivity (Wildman–Crippen MR) is 90.1 cm³/mol. The molecule has 25 heavy (non-hydrogen) atoms.